The average molecular weight is 559 g/mol. The lowest BCUT2D eigenvalue weighted by molar-refractivity contribution is 1.16. The molecule has 0 fully saturated rings. The molecule has 0 saturated carbocycles. The third-order valence-corrected chi connectivity index (χ3v) is 9.44. The maximum atomic E-state index is 2.53. The molecule has 0 spiro atoms. The molecule has 0 unspecified atom stereocenters. The lowest BCUT2D eigenvalue weighted by Gasteiger charge is -2.15. The SMILES string of the molecule is c1ccc(-n2c3c4ccccc4ccc3c3c4ccccc4c4c5ccccc5n(-c5cccc6ccccc56)c4c32)cc1. The van der Waals surface area contributed by atoms with Crippen LogP contribution in [0, 0.1) is 0 Å². The van der Waals surface area contributed by atoms with Crippen LogP contribution in [-0.4, -0.2) is 9.13 Å². The smallest absolute Gasteiger partial charge is 0.0795 e. The third kappa shape index (κ3) is 3.04. The van der Waals surface area contributed by atoms with Crippen molar-refractivity contribution in [3.05, 3.63) is 158 Å². The van der Waals surface area contributed by atoms with Crippen molar-refractivity contribution in [2.24, 2.45) is 0 Å². The first-order chi connectivity index (χ1) is 21.9. The van der Waals surface area contributed by atoms with Gasteiger partial charge in [0.15, 0.2) is 0 Å². The number of fused-ring (bicyclic) bond motifs is 13. The van der Waals surface area contributed by atoms with Crippen molar-refractivity contribution in [1.82, 2.24) is 9.13 Å². The van der Waals surface area contributed by atoms with Gasteiger partial charge in [-0.25, -0.2) is 0 Å². The van der Waals surface area contributed by atoms with E-state index >= 15 is 0 Å². The van der Waals surface area contributed by atoms with E-state index in [1.807, 2.05) is 0 Å². The van der Waals surface area contributed by atoms with Gasteiger partial charge >= 0.3 is 0 Å². The number of para-hydroxylation sites is 2. The van der Waals surface area contributed by atoms with Crippen LogP contribution < -0.4 is 0 Å². The number of aromatic nitrogens is 2. The van der Waals surface area contributed by atoms with Gasteiger partial charge in [0.2, 0.25) is 0 Å². The van der Waals surface area contributed by atoms with Crippen LogP contribution in [0.15, 0.2) is 158 Å². The summed E-state index contributed by atoms with van der Waals surface area (Å²) in [5.74, 6) is 0. The first-order valence-corrected chi connectivity index (χ1v) is 15.2. The monoisotopic (exact) mass is 558 g/mol. The molecule has 204 valence electrons. The quantitative estimate of drug-likeness (QED) is 0.200. The van der Waals surface area contributed by atoms with E-state index in [4.69, 9.17) is 0 Å². The summed E-state index contributed by atoms with van der Waals surface area (Å²) in [6.45, 7) is 0. The summed E-state index contributed by atoms with van der Waals surface area (Å²) in [5.41, 5.74) is 7.29. The molecule has 44 heavy (non-hydrogen) atoms. The summed E-state index contributed by atoms with van der Waals surface area (Å²) in [4.78, 5) is 0. The second-order valence-corrected chi connectivity index (χ2v) is 11.7. The minimum Gasteiger partial charge on any atom is -0.307 e. The molecule has 8 aromatic carbocycles. The van der Waals surface area contributed by atoms with Gasteiger partial charge in [-0.05, 0) is 45.8 Å². The van der Waals surface area contributed by atoms with Gasteiger partial charge in [0.05, 0.1) is 27.8 Å². The average Bonchev–Trinajstić information content (AvgIpc) is 3.63. The van der Waals surface area contributed by atoms with Crippen molar-refractivity contribution < 1.29 is 0 Å². The molecular formula is C42H26N2. The van der Waals surface area contributed by atoms with E-state index in [1.54, 1.807) is 0 Å². The first-order valence-electron chi connectivity index (χ1n) is 15.2. The van der Waals surface area contributed by atoms with Crippen LogP contribution in [0.5, 0.6) is 0 Å². The van der Waals surface area contributed by atoms with Crippen molar-refractivity contribution in [2.45, 2.75) is 0 Å². The van der Waals surface area contributed by atoms with Crippen LogP contribution in [0.4, 0.5) is 0 Å². The number of rotatable bonds is 2. The van der Waals surface area contributed by atoms with Gasteiger partial charge < -0.3 is 9.13 Å². The molecule has 0 aliphatic carbocycles. The summed E-state index contributed by atoms with van der Waals surface area (Å²) in [5, 5.41) is 12.7. The molecule has 2 nitrogen and oxygen atoms in total. The highest BCUT2D eigenvalue weighted by atomic mass is 15.0. The summed E-state index contributed by atoms with van der Waals surface area (Å²) < 4.78 is 5.06. The second-order valence-electron chi connectivity index (χ2n) is 11.7. The Balaban J connectivity index is 1.60. The zero-order valence-electron chi connectivity index (χ0n) is 23.9. The fourth-order valence-electron chi connectivity index (χ4n) is 7.69. The summed E-state index contributed by atoms with van der Waals surface area (Å²) in [6.07, 6.45) is 0. The molecule has 2 aromatic heterocycles. The summed E-state index contributed by atoms with van der Waals surface area (Å²) in [6, 6.07) is 57.6. The highest BCUT2D eigenvalue weighted by molar-refractivity contribution is 6.38. The normalized spacial score (nSPS) is 12.1. The molecular weight excluding hydrogens is 532 g/mol. The number of hydrogen-bond donors (Lipinski definition) is 0. The van der Waals surface area contributed by atoms with Crippen LogP contribution in [0.2, 0.25) is 0 Å². The molecule has 0 N–H and O–H groups in total. The van der Waals surface area contributed by atoms with Crippen LogP contribution in [0.3, 0.4) is 0 Å². The molecule has 0 aliphatic heterocycles. The minimum atomic E-state index is 1.16. The standard InChI is InChI=1S/C42H26N2/c1-2-16-29(17-3-1)43-40-31-19-7-5-14-28(31)25-26-35(40)39-33-21-9-8-20-32(33)38-34-22-10-11-23-37(34)44(42(38)41(39)43)36-24-12-15-27-13-4-6-18-30(27)36/h1-26H. The van der Waals surface area contributed by atoms with Crippen molar-refractivity contribution >= 4 is 75.9 Å². The summed E-state index contributed by atoms with van der Waals surface area (Å²) >= 11 is 0. The third-order valence-electron chi connectivity index (χ3n) is 9.44. The first kappa shape index (κ1) is 23.7. The second kappa shape index (κ2) is 8.82. The Hall–Kier alpha value is -5.86. The Bertz CT molecular complexity index is 2760. The van der Waals surface area contributed by atoms with Gasteiger partial charge in [0.25, 0.3) is 0 Å². The van der Waals surface area contributed by atoms with Gasteiger partial charge in [0.1, 0.15) is 0 Å². The predicted molar refractivity (Wildman–Crippen MR) is 188 cm³/mol. The maximum absolute atomic E-state index is 2.53. The number of hydrogen-bond acceptors (Lipinski definition) is 0. The fourth-order valence-corrected chi connectivity index (χ4v) is 7.69. The molecule has 0 aliphatic rings. The molecule has 0 bridgehead atoms. The molecule has 10 rings (SSSR count). The molecule has 2 heteroatoms. The topological polar surface area (TPSA) is 9.86 Å². The van der Waals surface area contributed by atoms with E-state index in [-0.39, 0.29) is 0 Å². The van der Waals surface area contributed by atoms with Crippen LogP contribution in [-0.2, 0) is 0 Å². The van der Waals surface area contributed by atoms with Gasteiger partial charge in [0, 0.05) is 38.0 Å². The number of benzene rings is 8. The van der Waals surface area contributed by atoms with Crippen LogP contribution in [0.25, 0.3) is 87.3 Å². The number of nitrogens with zero attached hydrogens (tertiary/aromatic N) is 2. The van der Waals surface area contributed by atoms with E-state index in [0.717, 1.165) is 5.69 Å². The van der Waals surface area contributed by atoms with E-state index in [9.17, 15) is 0 Å². The lowest BCUT2D eigenvalue weighted by Crippen LogP contribution is -2.00. The van der Waals surface area contributed by atoms with Gasteiger partial charge in [-0.2, -0.15) is 0 Å². The molecule has 0 saturated heterocycles. The van der Waals surface area contributed by atoms with Gasteiger partial charge in [-0.3, -0.25) is 0 Å². The van der Waals surface area contributed by atoms with Crippen molar-refractivity contribution in [2.75, 3.05) is 0 Å². The Morgan fingerprint density at radius 1 is 0.295 bits per heavy atom. The zero-order chi connectivity index (χ0) is 28.8. The van der Waals surface area contributed by atoms with Crippen molar-refractivity contribution in [3.63, 3.8) is 0 Å². The van der Waals surface area contributed by atoms with E-state index in [0.29, 0.717) is 0 Å². The van der Waals surface area contributed by atoms with Crippen LogP contribution >= 0.6 is 0 Å². The Morgan fingerprint density at radius 2 is 0.841 bits per heavy atom. The molecule has 0 amide bonds. The Morgan fingerprint density at radius 3 is 1.61 bits per heavy atom. The zero-order valence-corrected chi connectivity index (χ0v) is 23.9. The molecule has 0 radical (unpaired) electrons. The maximum Gasteiger partial charge on any atom is 0.0795 e. The van der Waals surface area contributed by atoms with E-state index < -0.39 is 0 Å². The highest BCUT2D eigenvalue weighted by Crippen LogP contribution is 2.48. The van der Waals surface area contributed by atoms with E-state index in [1.165, 1.54) is 81.6 Å². The fraction of sp³-hybridized carbons (Fsp3) is 0. The summed E-state index contributed by atoms with van der Waals surface area (Å²) in [7, 11) is 0. The van der Waals surface area contributed by atoms with Gasteiger partial charge in [-0.1, -0.05) is 133 Å². The molecule has 2 heterocycles. The molecule has 10 aromatic rings. The van der Waals surface area contributed by atoms with Crippen molar-refractivity contribution in [1.29, 1.82) is 0 Å². The Labute approximate surface area is 253 Å². The lowest BCUT2D eigenvalue weighted by atomic mass is 9.98. The predicted octanol–water partition coefficient (Wildman–Crippen LogP) is 11.3. The molecule has 0 atom stereocenters. The Kier molecular flexibility index (Phi) is 4.75. The van der Waals surface area contributed by atoms with Gasteiger partial charge in [-0.15, -0.1) is 0 Å². The van der Waals surface area contributed by atoms with Crippen molar-refractivity contribution in [3.8, 4) is 11.4 Å². The van der Waals surface area contributed by atoms with E-state index in [2.05, 4.69) is 167 Å². The van der Waals surface area contributed by atoms with Crippen LogP contribution in [0.1, 0.15) is 0 Å². The highest BCUT2D eigenvalue weighted by Gasteiger charge is 2.25. The largest absolute Gasteiger partial charge is 0.307 e. The minimum absolute atomic E-state index is 1.16.